The Morgan fingerprint density at radius 2 is 2.25 bits per heavy atom. The summed E-state index contributed by atoms with van der Waals surface area (Å²) in [7, 11) is 0. The Bertz CT molecular complexity index is 355. The Hall–Kier alpha value is -0.280. The summed E-state index contributed by atoms with van der Waals surface area (Å²) in [6.45, 7) is 5.24. The van der Waals surface area contributed by atoms with Crippen molar-refractivity contribution < 1.29 is 0 Å². The summed E-state index contributed by atoms with van der Waals surface area (Å²) < 4.78 is 0. The number of rotatable bonds is 2. The van der Waals surface area contributed by atoms with Gasteiger partial charge >= 0.3 is 0 Å². The van der Waals surface area contributed by atoms with Gasteiger partial charge in [0.1, 0.15) is 0 Å². The molecule has 2 nitrogen and oxygen atoms in total. The van der Waals surface area contributed by atoms with Gasteiger partial charge in [-0.25, -0.2) is 0 Å². The van der Waals surface area contributed by atoms with Crippen molar-refractivity contribution in [2.24, 2.45) is 5.73 Å². The standard InChI is InChI=1S/C12H17ClN2.ClH/c1-9-6-11(13)3-2-10(9)7-15-5-4-12(14)8-15;/h2-3,6,12H,4-5,7-8,14H2,1H3;1H/t12-;/m1./s1. The molecule has 2 rings (SSSR count). The molecular weight excluding hydrogens is 243 g/mol. The fraction of sp³-hybridized carbons (Fsp3) is 0.500. The van der Waals surface area contributed by atoms with E-state index < -0.39 is 0 Å². The molecule has 1 atom stereocenters. The van der Waals surface area contributed by atoms with Crippen molar-refractivity contribution in [1.29, 1.82) is 0 Å². The van der Waals surface area contributed by atoms with E-state index in [1.54, 1.807) is 0 Å². The summed E-state index contributed by atoms with van der Waals surface area (Å²) in [5.41, 5.74) is 8.50. The van der Waals surface area contributed by atoms with Crippen molar-refractivity contribution in [2.75, 3.05) is 13.1 Å². The maximum atomic E-state index is 5.92. The second kappa shape index (κ2) is 5.87. The molecule has 0 spiro atoms. The molecule has 0 aliphatic carbocycles. The number of nitrogens with zero attached hydrogens (tertiary/aromatic N) is 1. The molecule has 1 fully saturated rings. The molecular formula is C12H18Cl2N2. The van der Waals surface area contributed by atoms with E-state index in [1.165, 1.54) is 11.1 Å². The van der Waals surface area contributed by atoms with Crippen LogP contribution in [0.2, 0.25) is 5.02 Å². The van der Waals surface area contributed by atoms with Crippen LogP contribution in [0.3, 0.4) is 0 Å². The van der Waals surface area contributed by atoms with Crippen LogP contribution in [-0.4, -0.2) is 24.0 Å². The largest absolute Gasteiger partial charge is 0.326 e. The number of hydrogen-bond donors (Lipinski definition) is 1. The lowest BCUT2D eigenvalue weighted by Gasteiger charge is -2.16. The number of aryl methyl sites for hydroxylation is 1. The first-order valence-electron chi connectivity index (χ1n) is 5.38. The van der Waals surface area contributed by atoms with Crippen molar-refractivity contribution in [2.45, 2.75) is 25.9 Å². The van der Waals surface area contributed by atoms with Crippen molar-refractivity contribution >= 4 is 24.0 Å². The number of halogens is 2. The van der Waals surface area contributed by atoms with Gasteiger partial charge in [-0.05, 0) is 36.6 Å². The van der Waals surface area contributed by atoms with Gasteiger partial charge < -0.3 is 5.73 Å². The van der Waals surface area contributed by atoms with Crippen LogP contribution in [0.25, 0.3) is 0 Å². The van der Waals surface area contributed by atoms with Crippen LogP contribution in [0.1, 0.15) is 17.5 Å². The van der Waals surface area contributed by atoms with Crippen LogP contribution in [0.4, 0.5) is 0 Å². The average molecular weight is 261 g/mol. The zero-order valence-corrected chi connectivity index (χ0v) is 11.0. The van der Waals surface area contributed by atoms with E-state index in [-0.39, 0.29) is 12.4 Å². The number of hydrogen-bond acceptors (Lipinski definition) is 2. The first kappa shape index (κ1) is 13.8. The minimum absolute atomic E-state index is 0. The molecule has 0 amide bonds. The smallest absolute Gasteiger partial charge is 0.0408 e. The molecule has 4 heteroatoms. The van der Waals surface area contributed by atoms with Crippen LogP contribution >= 0.6 is 24.0 Å². The van der Waals surface area contributed by atoms with Crippen LogP contribution in [0.5, 0.6) is 0 Å². The summed E-state index contributed by atoms with van der Waals surface area (Å²) >= 11 is 5.92. The van der Waals surface area contributed by atoms with Crippen LogP contribution in [0, 0.1) is 6.92 Å². The predicted octanol–water partition coefficient (Wildman–Crippen LogP) is 2.60. The van der Waals surface area contributed by atoms with E-state index in [1.807, 2.05) is 12.1 Å². The third-order valence-electron chi connectivity index (χ3n) is 3.01. The van der Waals surface area contributed by atoms with Crippen LogP contribution in [0.15, 0.2) is 18.2 Å². The van der Waals surface area contributed by atoms with E-state index in [0.29, 0.717) is 6.04 Å². The highest BCUT2D eigenvalue weighted by Gasteiger charge is 2.19. The van der Waals surface area contributed by atoms with Gasteiger partial charge in [0.25, 0.3) is 0 Å². The number of likely N-dealkylation sites (tertiary alicyclic amines) is 1. The topological polar surface area (TPSA) is 29.3 Å². The minimum Gasteiger partial charge on any atom is -0.326 e. The highest BCUT2D eigenvalue weighted by Crippen LogP contribution is 2.18. The molecule has 1 saturated heterocycles. The van der Waals surface area contributed by atoms with E-state index in [9.17, 15) is 0 Å². The summed E-state index contributed by atoms with van der Waals surface area (Å²) in [5, 5.41) is 0.814. The van der Waals surface area contributed by atoms with Crippen molar-refractivity contribution in [1.82, 2.24) is 4.90 Å². The molecule has 0 radical (unpaired) electrons. The molecule has 90 valence electrons. The maximum Gasteiger partial charge on any atom is 0.0408 e. The van der Waals surface area contributed by atoms with Crippen molar-refractivity contribution in [3.63, 3.8) is 0 Å². The van der Waals surface area contributed by atoms with Gasteiger partial charge in [0, 0.05) is 30.7 Å². The Kier molecular flexibility index (Phi) is 5.06. The van der Waals surface area contributed by atoms with Crippen molar-refractivity contribution in [3.8, 4) is 0 Å². The van der Waals surface area contributed by atoms with Gasteiger partial charge in [-0.15, -0.1) is 12.4 Å². The summed E-state index contributed by atoms with van der Waals surface area (Å²) in [6.07, 6.45) is 1.12. The zero-order valence-electron chi connectivity index (χ0n) is 9.45. The van der Waals surface area contributed by atoms with Crippen molar-refractivity contribution in [3.05, 3.63) is 34.3 Å². The SMILES string of the molecule is Cc1cc(Cl)ccc1CN1CC[C@@H](N)C1.Cl. The molecule has 0 saturated carbocycles. The summed E-state index contributed by atoms with van der Waals surface area (Å²) in [5.74, 6) is 0. The van der Waals surface area contributed by atoms with Gasteiger partial charge in [-0.1, -0.05) is 17.7 Å². The first-order chi connectivity index (χ1) is 7.15. The normalized spacial score (nSPS) is 20.8. The third-order valence-corrected chi connectivity index (χ3v) is 3.24. The van der Waals surface area contributed by atoms with Gasteiger partial charge in [-0.3, -0.25) is 4.90 Å². The Morgan fingerprint density at radius 1 is 1.50 bits per heavy atom. The monoisotopic (exact) mass is 260 g/mol. The predicted molar refractivity (Wildman–Crippen MR) is 71.3 cm³/mol. The molecule has 1 aliphatic rings. The maximum absolute atomic E-state index is 5.92. The quantitative estimate of drug-likeness (QED) is 0.886. The van der Waals surface area contributed by atoms with Gasteiger partial charge in [0.2, 0.25) is 0 Å². The molecule has 2 N–H and O–H groups in total. The second-order valence-corrected chi connectivity index (χ2v) is 4.79. The lowest BCUT2D eigenvalue weighted by molar-refractivity contribution is 0.326. The lowest BCUT2D eigenvalue weighted by atomic mass is 10.1. The molecule has 1 heterocycles. The zero-order chi connectivity index (χ0) is 10.8. The average Bonchev–Trinajstić information content (AvgIpc) is 2.56. The molecule has 0 bridgehead atoms. The second-order valence-electron chi connectivity index (χ2n) is 4.35. The molecule has 1 aromatic carbocycles. The molecule has 16 heavy (non-hydrogen) atoms. The van der Waals surface area contributed by atoms with Crippen LogP contribution in [-0.2, 0) is 6.54 Å². The van der Waals surface area contributed by atoms with Crippen LogP contribution < -0.4 is 5.73 Å². The highest BCUT2D eigenvalue weighted by molar-refractivity contribution is 6.30. The fourth-order valence-electron chi connectivity index (χ4n) is 2.08. The van der Waals surface area contributed by atoms with E-state index in [4.69, 9.17) is 17.3 Å². The fourth-order valence-corrected chi connectivity index (χ4v) is 2.31. The Balaban J connectivity index is 0.00000128. The summed E-state index contributed by atoms with van der Waals surface area (Å²) in [6, 6.07) is 6.45. The minimum atomic E-state index is 0. The lowest BCUT2D eigenvalue weighted by Crippen LogP contribution is -2.26. The molecule has 0 unspecified atom stereocenters. The van der Waals surface area contributed by atoms with Gasteiger partial charge in [-0.2, -0.15) is 0 Å². The third kappa shape index (κ3) is 3.36. The molecule has 0 aromatic heterocycles. The number of benzene rings is 1. The number of nitrogens with two attached hydrogens (primary N) is 1. The Morgan fingerprint density at radius 3 is 2.81 bits per heavy atom. The Labute approximate surface area is 108 Å². The summed E-state index contributed by atoms with van der Waals surface area (Å²) in [4.78, 5) is 2.40. The van der Waals surface area contributed by atoms with E-state index >= 15 is 0 Å². The van der Waals surface area contributed by atoms with E-state index in [0.717, 1.165) is 31.1 Å². The van der Waals surface area contributed by atoms with Gasteiger partial charge in [0.15, 0.2) is 0 Å². The van der Waals surface area contributed by atoms with E-state index in [2.05, 4.69) is 17.9 Å². The first-order valence-corrected chi connectivity index (χ1v) is 5.76. The molecule has 1 aromatic rings. The highest BCUT2D eigenvalue weighted by atomic mass is 35.5. The molecule has 1 aliphatic heterocycles. The van der Waals surface area contributed by atoms with Gasteiger partial charge in [0.05, 0.1) is 0 Å².